The molecule has 0 N–H and O–H groups in total. The molecule has 0 aliphatic carbocycles. The molecule has 0 heterocycles. The molecule has 0 aliphatic heterocycles. The standard InChI is InChI=1S/C8H13NO/c1-3-4-7(2)8(10)5-6-9/h7H,3-5H2,1-2H3. The van der Waals surface area contributed by atoms with Crippen molar-refractivity contribution in [2.75, 3.05) is 0 Å². The molecule has 0 saturated carbocycles. The highest BCUT2D eigenvalue weighted by Crippen LogP contribution is 2.07. The predicted octanol–water partition coefficient (Wildman–Crippen LogP) is 1.91. The van der Waals surface area contributed by atoms with Crippen LogP contribution in [0.2, 0.25) is 0 Å². The number of hydrogen-bond acceptors (Lipinski definition) is 2. The second kappa shape index (κ2) is 4.99. The quantitative estimate of drug-likeness (QED) is 0.597. The van der Waals surface area contributed by atoms with E-state index in [1.54, 1.807) is 0 Å². The fraction of sp³-hybridized carbons (Fsp3) is 0.750. The number of nitrogens with zero attached hydrogens (tertiary/aromatic N) is 1. The van der Waals surface area contributed by atoms with Crippen LogP contribution in [0.4, 0.5) is 0 Å². The van der Waals surface area contributed by atoms with Crippen molar-refractivity contribution in [1.82, 2.24) is 0 Å². The summed E-state index contributed by atoms with van der Waals surface area (Å²) in [5.41, 5.74) is 0. The van der Waals surface area contributed by atoms with E-state index in [0.717, 1.165) is 12.8 Å². The zero-order valence-corrected chi connectivity index (χ0v) is 6.55. The minimum atomic E-state index is 0.0706. The first kappa shape index (κ1) is 9.16. The van der Waals surface area contributed by atoms with E-state index in [0.29, 0.717) is 0 Å². The largest absolute Gasteiger partial charge is 0.298 e. The fourth-order valence-corrected chi connectivity index (χ4v) is 0.846. The number of carbonyl (C=O) groups is 1. The smallest absolute Gasteiger partial charge is 0.149 e. The number of rotatable bonds is 4. The average Bonchev–Trinajstić information content (AvgIpc) is 1.89. The molecule has 56 valence electrons. The van der Waals surface area contributed by atoms with Gasteiger partial charge in [-0.1, -0.05) is 20.3 Å². The van der Waals surface area contributed by atoms with Crippen LogP contribution in [-0.2, 0) is 4.79 Å². The Morgan fingerprint density at radius 3 is 2.70 bits per heavy atom. The zero-order chi connectivity index (χ0) is 7.98. The lowest BCUT2D eigenvalue weighted by Gasteiger charge is -2.03. The van der Waals surface area contributed by atoms with Crippen LogP contribution in [0.1, 0.15) is 33.1 Å². The summed E-state index contributed by atoms with van der Waals surface area (Å²) in [5.74, 6) is 0.147. The SMILES string of the molecule is CCCC(C)C(=O)CC#N. The molecule has 0 bridgehead atoms. The number of nitriles is 1. The topological polar surface area (TPSA) is 40.9 Å². The van der Waals surface area contributed by atoms with Gasteiger partial charge in [0.15, 0.2) is 0 Å². The number of hydrogen-bond donors (Lipinski definition) is 0. The molecule has 1 unspecified atom stereocenters. The molecular weight excluding hydrogens is 126 g/mol. The van der Waals surface area contributed by atoms with Gasteiger partial charge in [0.25, 0.3) is 0 Å². The van der Waals surface area contributed by atoms with Crippen LogP contribution in [0.25, 0.3) is 0 Å². The second-order valence-corrected chi connectivity index (χ2v) is 2.49. The summed E-state index contributed by atoms with van der Waals surface area (Å²) in [5, 5.41) is 8.18. The molecule has 0 fully saturated rings. The first-order valence-electron chi connectivity index (χ1n) is 3.62. The summed E-state index contributed by atoms with van der Waals surface area (Å²) in [6.07, 6.45) is 1.99. The Hall–Kier alpha value is -0.840. The van der Waals surface area contributed by atoms with E-state index in [4.69, 9.17) is 5.26 Å². The molecule has 0 radical (unpaired) electrons. The van der Waals surface area contributed by atoms with Gasteiger partial charge in [-0.3, -0.25) is 4.79 Å². The third-order valence-corrected chi connectivity index (χ3v) is 1.52. The van der Waals surface area contributed by atoms with Gasteiger partial charge >= 0.3 is 0 Å². The van der Waals surface area contributed by atoms with Crippen molar-refractivity contribution in [3.05, 3.63) is 0 Å². The Bertz CT molecular complexity index is 146. The van der Waals surface area contributed by atoms with Crippen molar-refractivity contribution < 1.29 is 4.79 Å². The van der Waals surface area contributed by atoms with Gasteiger partial charge in [0.2, 0.25) is 0 Å². The van der Waals surface area contributed by atoms with Gasteiger partial charge in [0.05, 0.1) is 12.5 Å². The summed E-state index contributed by atoms with van der Waals surface area (Å²) < 4.78 is 0. The molecule has 0 aromatic rings. The van der Waals surface area contributed by atoms with Crippen molar-refractivity contribution >= 4 is 5.78 Å². The maximum absolute atomic E-state index is 10.9. The Balaban J connectivity index is 3.62. The summed E-state index contributed by atoms with van der Waals surface area (Å²) in [6, 6.07) is 1.86. The minimum absolute atomic E-state index is 0.0706. The van der Waals surface area contributed by atoms with E-state index >= 15 is 0 Å². The monoisotopic (exact) mass is 139 g/mol. The number of ketones is 1. The van der Waals surface area contributed by atoms with Crippen LogP contribution in [0.3, 0.4) is 0 Å². The first-order valence-corrected chi connectivity index (χ1v) is 3.62. The van der Waals surface area contributed by atoms with Gasteiger partial charge < -0.3 is 0 Å². The van der Waals surface area contributed by atoms with Gasteiger partial charge in [-0.15, -0.1) is 0 Å². The maximum atomic E-state index is 10.9. The lowest BCUT2D eigenvalue weighted by atomic mass is 9.99. The van der Waals surface area contributed by atoms with Crippen LogP contribution in [0, 0.1) is 17.2 Å². The summed E-state index contributed by atoms with van der Waals surface area (Å²) >= 11 is 0. The highest BCUT2D eigenvalue weighted by Gasteiger charge is 2.09. The average molecular weight is 139 g/mol. The zero-order valence-electron chi connectivity index (χ0n) is 6.55. The third kappa shape index (κ3) is 3.24. The molecule has 0 aliphatic rings. The molecule has 1 atom stereocenters. The lowest BCUT2D eigenvalue weighted by molar-refractivity contribution is -0.121. The van der Waals surface area contributed by atoms with Gasteiger partial charge in [0.1, 0.15) is 5.78 Å². The van der Waals surface area contributed by atoms with Gasteiger partial charge in [-0.05, 0) is 6.42 Å². The highest BCUT2D eigenvalue weighted by molar-refractivity contribution is 5.82. The third-order valence-electron chi connectivity index (χ3n) is 1.52. The van der Waals surface area contributed by atoms with E-state index in [-0.39, 0.29) is 18.1 Å². The fourth-order valence-electron chi connectivity index (χ4n) is 0.846. The summed E-state index contributed by atoms with van der Waals surface area (Å²) in [4.78, 5) is 10.9. The molecule has 2 heteroatoms. The van der Waals surface area contributed by atoms with Gasteiger partial charge in [-0.2, -0.15) is 5.26 Å². The van der Waals surface area contributed by atoms with Crippen LogP contribution in [0.5, 0.6) is 0 Å². The van der Waals surface area contributed by atoms with E-state index in [2.05, 4.69) is 0 Å². The molecule has 0 spiro atoms. The maximum Gasteiger partial charge on any atom is 0.149 e. The van der Waals surface area contributed by atoms with Gasteiger partial charge in [0, 0.05) is 5.92 Å². The molecule has 0 aromatic heterocycles. The van der Waals surface area contributed by atoms with E-state index in [1.165, 1.54) is 0 Å². The van der Waals surface area contributed by atoms with Crippen molar-refractivity contribution in [2.24, 2.45) is 5.92 Å². The molecule has 10 heavy (non-hydrogen) atoms. The van der Waals surface area contributed by atoms with Crippen molar-refractivity contribution in [2.45, 2.75) is 33.1 Å². The van der Waals surface area contributed by atoms with Gasteiger partial charge in [-0.25, -0.2) is 0 Å². The van der Waals surface area contributed by atoms with Crippen molar-refractivity contribution in [3.8, 4) is 6.07 Å². The molecule has 0 saturated heterocycles. The highest BCUT2D eigenvalue weighted by atomic mass is 16.1. The Morgan fingerprint density at radius 2 is 2.30 bits per heavy atom. The Morgan fingerprint density at radius 1 is 1.70 bits per heavy atom. The van der Waals surface area contributed by atoms with E-state index in [9.17, 15) is 4.79 Å². The number of Topliss-reactive ketones (excluding diaryl/α,β-unsaturated/α-hetero) is 1. The Kier molecular flexibility index (Phi) is 4.57. The predicted molar refractivity (Wildman–Crippen MR) is 39.3 cm³/mol. The molecule has 0 amide bonds. The van der Waals surface area contributed by atoms with Crippen LogP contribution >= 0.6 is 0 Å². The summed E-state index contributed by atoms with van der Waals surface area (Å²) in [6.45, 7) is 3.92. The van der Waals surface area contributed by atoms with Crippen LogP contribution in [-0.4, -0.2) is 5.78 Å². The Labute approximate surface area is 61.8 Å². The normalized spacial score (nSPS) is 12.1. The molecule has 0 aromatic carbocycles. The molecular formula is C8H13NO. The van der Waals surface area contributed by atoms with Crippen LogP contribution in [0.15, 0.2) is 0 Å². The minimum Gasteiger partial charge on any atom is -0.298 e. The van der Waals surface area contributed by atoms with Crippen molar-refractivity contribution in [3.63, 3.8) is 0 Å². The lowest BCUT2D eigenvalue weighted by Crippen LogP contribution is -2.08. The second-order valence-electron chi connectivity index (χ2n) is 2.49. The molecule has 0 rings (SSSR count). The number of carbonyl (C=O) groups excluding carboxylic acids is 1. The van der Waals surface area contributed by atoms with E-state index in [1.807, 2.05) is 19.9 Å². The van der Waals surface area contributed by atoms with Crippen molar-refractivity contribution in [1.29, 1.82) is 5.26 Å². The molecule has 2 nitrogen and oxygen atoms in total. The summed E-state index contributed by atoms with van der Waals surface area (Å²) in [7, 11) is 0. The van der Waals surface area contributed by atoms with E-state index < -0.39 is 0 Å². The first-order chi connectivity index (χ1) is 4.72. The van der Waals surface area contributed by atoms with Crippen LogP contribution < -0.4 is 0 Å².